The Kier molecular flexibility index (Phi) is 5.58. The highest BCUT2D eigenvalue weighted by atomic mass is 16.6. The van der Waals surface area contributed by atoms with Gasteiger partial charge in [0.15, 0.2) is 6.61 Å². The molecule has 1 heterocycles. The molecule has 2 aromatic carbocycles. The van der Waals surface area contributed by atoms with Gasteiger partial charge in [0.25, 0.3) is 11.6 Å². The van der Waals surface area contributed by atoms with Gasteiger partial charge in [-0.2, -0.15) is 0 Å². The van der Waals surface area contributed by atoms with Crippen LogP contribution < -0.4 is 5.32 Å². The first-order chi connectivity index (χ1) is 13.8. The Balaban J connectivity index is 1.64. The van der Waals surface area contributed by atoms with Gasteiger partial charge in [0.05, 0.1) is 16.0 Å². The van der Waals surface area contributed by atoms with Crippen LogP contribution in [0.5, 0.6) is 0 Å². The van der Waals surface area contributed by atoms with Crippen LogP contribution in [0.25, 0.3) is 11.0 Å². The molecule has 0 fully saturated rings. The van der Waals surface area contributed by atoms with E-state index in [1.165, 1.54) is 12.1 Å². The number of rotatable bonds is 6. The highest BCUT2D eigenvalue weighted by Gasteiger charge is 2.19. The van der Waals surface area contributed by atoms with Crippen LogP contribution in [0.3, 0.4) is 0 Å². The third kappa shape index (κ3) is 4.40. The summed E-state index contributed by atoms with van der Waals surface area (Å²) in [7, 11) is 0. The topological polar surface area (TPSA) is 116 Å². The Hall–Kier alpha value is -3.75. The number of carbonyl (C=O) groups is 2. The molecule has 29 heavy (non-hydrogen) atoms. The van der Waals surface area contributed by atoms with Gasteiger partial charge in [-0.15, -0.1) is 0 Å². The number of aromatic nitrogens is 2. The van der Waals surface area contributed by atoms with Crippen LogP contribution >= 0.6 is 0 Å². The molecule has 3 aromatic rings. The monoisotopic (exact) mass is 396 g/mol. The fourth-order valence-electron chi connectivity index (χ4n) is 2.95. The normalized spacial score (nSPS) is 10.7. The van der Waals surface area contributed by atoms with Gasteiger partial charge in [-0.1, -0.05) is 12.1 Å². The molecular weight excluding hydrogens is 376 g/mol. The third-order valence-corrected chi connectivity index (χ3v) is 4.58. The van der Waals surface area contributed by atoms with Gasteiger partial charge in [0.1, 0.15) is 18.1 Å². The SMILES string of the molecule is Cc1cc(NC(=O)COC(=O)Cn2c(C)nc3ccccc32)c([N+](=O)[O-])cc1C. The van der Waals surface area contributed by atoms with Crippen LogP contribution in [0.4, 0.5) is 11.4 Å². The second-order valence-corrected chi connectivity index (χ2v) is 6.65. The lowest BCUT2D eigenvalue weighted by molar-refractivity contribution is -0.384. The number of anilines is 1. The Labute approximate surface area is 166 Å². The number of imidazole rings is 1. The molecule has 0 spiro atoms. The van der Waals surface area contributed by atoms with E-state index in [2.05, 4.69) is 10.3 Å². The molecule has 3 rings (SSSR count). The number of benzene rings is 2. The first-order valence-corrected chi connectivity index (χ1v) is 8.89. The molecule has 0 bridgehead atoms. The van der Waals surface area contributed by atoms with E-state index in [1.54, 1.807) is 25.3 Å². The summed E-state index contributed by atoms with van der Waals surface area (Å²) in [6.45, 7) is 4.67. The van der Waals surface area contributed by atoms with E-state index in [0.29, 0.717) is 5.82 Å². The molecule has 0 radical (unpaired) electrons. The number of esters is 1. The zero-order valence-corrected chi connectivity index (χ0v) is 16.3. The Morgan fingerprint density at radius 2 is 1.86 bits per heavy atom. The smallest absolute Gasteiger partial charge is 0.326 e. The van der Waals surface area contributed by atoms with E-state index in [4.69, 9.17) is 4.74 Å². The Bertz CT molecular complexity index is 1120. The lowest BCUT2D eigenvalue weighted by Crippen LogP contribution is -2.23. The molecule has 9 nitrogen and oxygen atoms in total. The van der Waals surface area contributed by atoms with Crippen molar-refractivity contribution in [2.75, 3.05) is 11.9 Å². The maximum atomic E-state index is 12.2. The number of nitrogens with one attached hydrogen (secondary N) is 1. The Morgan fingerprint density at radius 3 is 2.59 bits per heavy atom. The number of ether oxygens (including phenoxy) is 1. The van der Waals surface area contributed by atoms with E-state index in [-0.39, 0.29) is 17.9 Å². The number of amides is 1. The van der Waals surface area contributed by atoms with Crippen LogP contribution in [0, 0.1) is 30.9 Å². The number of hydrogen-bond acceptors (Lipinski definition) is 6. The largest absolute Gasteiger partial charge is 0.454 e. The number of nitro groups is 1. The van der Waals surface area contributed by atoms with E-state index in [9.17, 15) is 19.7 Å². The van der Waals surface area contributed by atoms with Gasteiger partial charge in [-0.25, -0.2) is 4.98 Å². The first kappa shape index (κ1) is 20.0. The predicted octanol–water partition coefficient (Wildman–Crippen LogP) is 3.05. The summed E-state index contributed by atoms with van der Waals surface area (Å²) in [6, 6.07) is 10.3. The van der Waals surface area contributed by atoms with Crippen LogP contribution in [0.2, 0.25) is 0 Å². The Morgan fingerprint density at radius 1 is 1.17 bits per heavy atom. The zero-order chi connectivity index (χ0) is 21.1. The molecule has 9 heteroatoms. The van der Waals surface area contributed by atoms with Crippen molar-refractivity contribution in [2.24, 2.45) is 0 Å². The van der Waals surface area contributed by atoms with Crippen molar-refractivity contribution in [3.05, 3.63) is 63.5 Å². The van der Waals surface area contributed by atoms with E-state index >= 15 is 0 Å². The molecule has 1 aromatic heterocycles. The summed E-state index contributed by atoms with van der Waals surface area (Å²) in [5, 5.41) is 13.6. The fraction of sp³-hybridized carbons (Fsp3) is 0.250. The molecular formula is C20H20N4O5. The van der Waals surface area contributed by atoms with Gasteiger partial charge in [-0.3, -0.25) is 19.7 Å². The van der Waals surface area contributed by atoms with Gasteiger partial charge < -0.3 is 14.6 Å². The third-order valence-electron chi connectivity index (χ3n) is 4.58. The second-order valence-electron chi connectivity index (χ2n) is 6.65. The van der Waals surface area contributed by atoms with Gasteiger partial charge in [-0.05, 0) is 50.1 Å². The minimum absolute atomic E-state index is 0.0654. The molecule has 0 saturated carbocycles. The van der Waals surface area contributed by atoms with Crippen molar-refractivity contribution in [2.45, 2.75) is 27.3 Å². The maximum Gasteiger partial charge on any atom is 0.326 e. The predicted molar refractivity (Wildman–Crippen MR) is 107 cm³/mol. The molecule has 0 aliphatic rings. The van der Waals surface area contributed by atoms with E-state index in [0.717, 1.165) is 22.2 Å². The highest BCUT2D eigenvalue weighted by Crippen LogP contribution is 2.27. The van der Waals surface area contributed by atoms with Crippen LogP contribution in [-0.2, 0) is 20.9 Å². The summed E-state index contributed by atoms with van der Waals surface area (Å²) in [6.07, 6.45) is 0. The summed E-state index contributed by atoms with van der Waals surface area (Å²) in [4.78, 5) is 39.3. The quantitative estimate of drug-likeness (QED) is 0.389. The van der Waals surface area contributed by atoms with E-state index < -0.39 is 23.4 Å². The summed E-state index contributed by atoms with van der Waals surface area (Å²) >= 11 is 0. The maximum absolute atomic E-state index is 12.2. The van der Waals surface area contributed by atoms with Gasteiger partial charge >= 0.3 is 5.97 Å². The van der Waals surface area contributed by atoms with Crippen molar-refractivity contribution >= 4 is 34.3 Å². The number of fused-ring (bicyclic) bond motifs is 1. The standard InChI is InChI=1S/C20H20N4O5/c1-12-8-16(18(24(27)28)9-13(12)2)22-19(25)11-29-20(26)10-23-14(3)21-15-6-4-5-7-17(15)23/h4-9H,10-11H2,1-3H3,(H,22,25). The lowest BCUT2D eigenvalue weighted by atomic mass is 10.1. The van der Waals surface area contributed by atoms with Crippen molar-refractivity contribution in [3.8, 4) is 0 Å². The number of aryl methyl sites for hydroxylation is 3. The van der Waals surface area contributed by atoms with Crippen LogP contribution in [0.1, 0.15) is 17.0 Å². The number of carbonyl (C=O) groups excluding carboxylic acids is 2. The highest BCUT2D eigenvalue weighted by molar-refractivity contribution is 5.95. The second kappa shape index (κ2) is 8.09. The molecule has 0 unspecified atom stereocenters. The lowest BCUT2D eigenvalue weighted by Gasteiger charge is -2.10. The van der Waals surface area contributed by atoms with Crippen LogP contribution in [-0.4, -0.2) is 33.0 Å². The molecule has 150 valence electrons. The summed E-state index contributed by atoms with van der Waals surface area (Å²) < 4.78 is 6.74. The van der Waals surface area contributed by atoms with E-state index in [1.807, 2.05) is 24.3 Å². The first-order valence-electron chi connectivity index (χ1n) is 8.89. The molecule has 0 saturated heterocycles. The molecule has 0 aliphatic carbocycles. The molecule has 1 amide bonds. The summed E-state index contributed by atoms with van der Waals surface area (Å²) in [5.41, 5.74) is 2.94. The minimum atomic E-state index is -0.656. The molecule has 0 aliphatic heterocycles. The van der Waals surface area contributed by atoms with Crippen molar-refractivity contribution in [1.82, 2.24) is 9.55 Å². The van der Waals surface area contributed by atoms with Crippen molar-refractivity contribution in [1.29, 1.82) is 0 Å². The van der Waals surface area contributed by atoms with Gasteiger partial charge in [0, 0.05) is 6.07 Å². The van der Waals surface area contributed by atoms with Gasteiger partial charge in [0.2, 0.25) is 0 Å². The van der Waals surface area contributed by atoms with Crippen molar-refractivity contribution in [3.63, 3.8) is 0 Å². The average Bonchev–Trinajstić information content (AvgIpc) is 2.98. The van der Waals surface area contributed by atoms with Crippen molar-refractivity contribution < 1.29 is 19.2 Å². The number of para-hydroxylation sites is 2. The number of hydrogen-bond donors (Lipinski definition) is 1. The number of nitro benzene ring substituents is 1. The molecule has 1 N–H and O–H groups in total. The zero-order valence-electron chi connectivity index (χ0n) is 16.3. The average molecular weight is 396 g/mol. The fourth-order valence-corrected chi connectivity index (χ4v) is 2.95. The summed E-state index contributed by atoms with van der Waals surface area (Å²) in [5.74, 6) is -0.615. The minimum Gasteiger partial charge on any atom is -0.454 e. The molecule has 0 atom stereocenters. The number of nitrogens with zero attached hydrogens (tertiary/aromatic N) is 3. The van der Waals surface area contributed by atoms with Crippen LogP contribution in [0.15, 0.2) is 36.4 Å².